The van der Waals surface area contributed by atoms with Gasteiger partial charge in [-0.1, -0.05) is 18.2 Å². The summed E-state index contributed by atoms with van der Waals surface area (Å²) in [6, 6.07) is 5.07. The molecule has 0 atom stereocenters. The highest BCUT2D eigenvalue weighted by atomic mass is 32.2. The van der Waals surface area contributed by atoms with Crippen molar-refractivity contribution < 1.29 is 18.0 Å². The zero-order chi connectivity index (χ0) is 12.5. The van der Waals surface area contributed by atoms with Gasteiger partial charge in [0, 0.05) is 6.42 Å². The van der Waals surface area contributed by atoms with Gasteiger partial charge >= 0.3 is 6.18 Å². The van der Waals surface area contributed by atoms with E-state index in [1.165, 1.54) is 17.8 Å². The van der Waals surface area contributed by atoms with Crippen molar-refractivity contribution in [1.82, 2.24) is 0 Å². The number of carbonyl (C=O) groups excluding carboxylic acids is 1. The number of aliphatic imine (C=N–C) groups is 1. The average Bonchev–Trinajstić information content (AvgIpc) is 2.63. The molecule has 1 aromatic carbocycles. The van der Waals surface area contributed by atoms with Crippen molar-refractivity contribution in [3.63, 3.8) is 0 Å². The average molecular weight is 259 g/mol. The third kappa shape index (κ3) is 3.09. The number of hydrogen-bond donors (Lipinski definition) is 0. The van der Waals surface area contributed by atoms with Crippen LogP contribution in [0.3, 0.4) is 0 Å². The Labute approximate surface area is 99.9 Å². The van der Waals surface area contributed by atoms with Crippen LogP contribution in [0.15, 0.2) is 29.3 Å². The number of alkyl halides is 3. The number of nitrogens with zero attached hydrogens (tertiary/aromatic N) is 1. The molecule has 0 radical (unpaired) electrons. The van der Waals surface area contributed by atoms with Crippen molar-refractivity contribution >= 4 is 22.7 Å². The fourth-order valence-electron chi connectivity index (χ4n) is 1.47. The van der Waals surface area contributed by atoms with Crippen LogP contribution >= 0.6 is 11.8 Å². The van der Waals surface area contributed by atoms with Crippen molar-refractivity contribution in [2.45, 2.75) is 12.6 Å². The fourth-order valence-corrected chi connectivity index (χ4v) is 2.26. The Balaban J connectivity index is 2.17. The first kappa shape index (κ1) is 12.2. The van der Waals surface area contributed by atoms with E-state index in [0.717, 1.165) is 12.1 Å². The highest BCUT2D eigenvalue weighted by Crippen LogP contribution is 2.30. The van der Waals surface area contributed by atoms with Crippen LogP contribution in [-0.4, -0.2) is 16.7 Å². The van der Waals surface area contributed by atoms with Crippen LogP contribution in [-0.2, 0) is 17.4 Å². The quantitative estimate of drug-likeness (QED) is 0.817. The third-order valence-electron chi connectivity index (χ3n) is 2.22. The summed E-state index contributed by atoms with van der Waals surface area (Å²) in [5.41, 5.74) is -0.161. The van der Waals surface area contributed by atoms with Crippen LogP contribution in [0.25, 0.3) is 0 Å². The molecule has 90 valence electrons. The van der Waals surface area contributed by atoms with E-state index < -0.39 is 11.7 Å². The van der Waals surface area contributed by atoms with Crippen LogP contribution in [0, 0.1) is 0 Å². The lowest BCUT2D eigenvalue weighted by Crippen LogP contribution is -2.06. The summed E-state index contributed by atoms with van der Waals surface area (Å²) >= 11 is 1.28. The second kappa shape index (κ2) is 4.52. The molecule has 1 heterocycles. The van der Waals surface area contributed by atoms with Gasteiger partial charge in [0.2, 0.25) is 0 Å². The summed E-state index contributed by atoms with van der Waals surface area (Å²) in [7, 11) is 0. The van der Waals surface area contributed by atoms with Gasteiger partial charge in [-0.25, -0.2) is 4.99 Å². The van der Waals surface area contributed by atoms with Crippen LogP contribution in [0.4, 0.5) is 13.2 Å². The molecule has 1 aliphatic rings. The minimum atomic E-state index is -4.34. The molecule has 0 aromatic heterocycles. The molecule has 0 fully saturated rings. The Bertz CT molecular complexity index is 482. The minimum absolute atomic E-state index is 0.225. The summed E-state index contributed by atoms with van der Waals surface area (Å²) in [5.74, 6) is 0.0610. The number of amides is 1. The first-order chi connectivity index (χ1) is 7.95. The van der Waals surface area contributed by atoms with Gasteiger partial charge < -0.3 is 0 Å². The van der Waals surface area contributed by atoms with Crippen molar-refractivity contribution in [2.75, 3.05) is 5.75 Å². The smallest absolute Gasteiger partial charge is 0.272 e. The standard InChI is InChI=1S/C11H8F3NOS/c12-11(13,14)8-3-1-2-7(4-8)5-10-15-9(16)6-17-10/h1-4H,5-6H2. The van der Waals surface area contributed by atoms with Gasteiger partial charge in [-0.15, -0.1) is 11.8 Å². The number of thioether (sulfide) groups is 1. The molecule has 0 saturated carbocycles. The molecule has 17 heavy (non-hydrogen) atoms. The summed E-state index contributed by atoms with van der Waals surface area (Å²) in [4.78, 5) is 14.6. The maximum absolute atomic E-state index is 12.5. The second-order valence-corrected chi connectivity index (χ2v) is 4.61. The number of benzene rings is 1. The Kier molecular flexibility index (Phi) is 3.24. The zero-order valence-corrected chi connectivity index (χ0v) is 9.44. The molecule has 0 saturated heterocycles. The summed E-state index contributed by atoms with van der Waals surface area (Å²) in [5, 5.41) is 0.578. The Morgan fingerprint density at radius 2 is 2.12 bits per heavy atom. The van der Waals surface area contributed by atoms with Crippen molar-refractivity contribution in [2.24, 2.45) is 4.99 Å². The monoisotopic (exact) mass is 259 g/mol. The van der Waals surface area contributed by atoms with E-state index in [9.17, 15) is 18.0 Å². The van der Waals surface area contributed by atoms with Crippen molar-refractivity contribution in [3.8, 4) is 0 Å². The molecule has 1 aromatic rings. The minimum Gasteiger partial charge on any atom is -0.272 e. The number of halogens is 3. The topological polar surface area (TPSA) is 29.4 Å². The predicted molar refractivity (Wildman–Crippen MR) is 60.0 cm³/mol. The largest absolute Gasteiger partial charge is 0.416 e. The van der Waals surface area contributed by atoms with Crippen LogP contribution in [0.2, 0.25) is 0 Å². The highest BCUT2D eigenvalue weighted by molar-refractivity contribution is 8.15. The molecule has 6 heteroatoms. The molecular formula is C11H8F3NOS. The number of carbonyl (C=O) groups is 1. The van der Waals surface area contributed by atoms with Gasteiger partial charge in [0.05, 0.1) is 16.4 Å². The van der Waals surface area contributed by atoms with Gasteiger partial charge in [0.25, 0.3) is 5.91 Å². The van der Waals surface area contributed by atoms with Crippen LogP contribution in [0.1, 0.15) is 11.1 Å². The van der Waals surface area contributed by atoms with Gasteiger partial charge in [-0.2, -0.15) is 13.2 Å². The first-order valence-electron chi connectivity index (χ1n) is 4.84. The molecule has 0 aliphatic carbocycles. The van der Waals surface area contributed by atoms with Gasteiger partial charge in [-0.05, 0) is 11.6 Å². The van der Waals surface area contributed by atoms with Crippen LogP contribution < -0.4 is 0 Å². The van der Waals surface area contributed by atoms with E-state index in [0.29, 0.717) is 10.6 Å². The lowest BCUT2D eigenvalue weighted by Gasteiger charge is -2.08. The lowest BCUT2D eigenvalue weighted by molar-refractivity contribution is -0.137. The fraction of sp³-hybridized carbons (Fsp3) is 0.273. The van der Waals surface area contributed by atoms with Gasteiger partial charge in [-0.3, -0.25) is 4.79 Å². The maximum atomic E-state index is 12.5. The van der Waals surface area contributed by atoms with E-state index in [2.05, 4.69) is 4.99 Å². The van der Waals surface area contributed by atoms with Crippen LogP contribution in [0.5, 0.6) is 0 Å². The highest BCUT2D eigenvalue weighted by Gasteiger charge is 2.30. The van der Waals surface area contributed by atoms with Crippen molar-refractivity contribution in [3.05, 3.63) is 35.4 Å². The summed E-state index contributed by atoms with van der Waals surface area (Å²) in [6.07, 6.45) is -4.06. The number of rotatable bonds is 2. The van der Waals surface area contributed by atoms with E-state index in [1.54, 1.807) is 6.07 Å². The molecule has 0 unspecified atom stereocenters. The first-order valence-corrected chi connectivity index (χ1v) is 5.83. The van der Waals surface area contributed by atoms with E-state index in [4.69, 9.17) is 0 Å². The predicted octanol–water partition coefficient (Wildman–Crippen LogP) is 2.92. The lowest BCUT2D eigenvalue weighted by atomic mass is 10.1. The van der Waals surface area contributed by atoms with Crippen molar-refractivity contribution in [1.29, 1.82) is 0 Å². The molecule has 2 nitrogen and oxygen atoms in total. The Morgan fingerprint density at radius 3 is 2.71 bits per heavy atom. The summed E-state index contributed by atoms with van der Waals surface area (Å²) < 4.78 is 37.4. The van der Waals surface area contributed by atoms with E-state index >= 15 is 0 Å². The normalized spacial score (nSPS) is 16.2. The molecule has 0 bridgehead atoms. The van der Waals surface area contributed by atoms with Gasteiger partial charge in [0.1, 0.15) is 0 Å². The second-order valence-electron chi connectivity index (χ2n) is 3.56. The Hall–Kier alpha value is -1.30. The molecule has 2 rings (SSSR count). The molecule has 1 amide bonds. The molecule has 0 N–H and O–H groups in total. The maximum Gasteiger partial charge on any atom is 0.416 e. The zero-order valence-electron chi connectivity index (χ0n) is 8.62. The molecule has 0 spiro atoms. The number of hydrogen-bond acceptors (Lipinski definition) is 2. The van der Waals surface area contributed by atoms with Gasteiger partial charge in [0.15, 0.2) is 0 Å². The molecule has 1 aliphatic heterocycles. The Morgan fingerprint density at radius 1 is 1.35 bits per heavy atom. The van der Waals surface area contributed by atoms with E-state index in [1.807, 2.05) is 0 Å². The molecular weight excluding hydrogens is 251 g/mol. The SMILES string of the molecule is O=C1CSC(Cc2cccc(C(F)(F)F)c2)=N1. The van der Waals surface area contributed by atoms with E-state index in [-0.39, 0.29) is 18.1 Å². The third-order valence-corrected chi connectivity index (χ3v) is 3.18. The summed E-state index contributed by atoms with van der Waals surface area (Å²) in [6.45, 7) is 0.